The maximum atomic E-state index is 5.53. The highest BCUT2D eigenvalue weighted by atomic mass is 32.2. The van der Waals surface area contributed by atoms with Crippen molar-refractivity contribution < 1.29 is 0 Å². The zero-order chi connectivity index (χ0) is 11.5. The lowest BCUT2D eigenvalue weighted by Gasteiger charge is -2.03. The molecule has 8 nitrogen and oxygen atoms in total. The van der Waals surface area contributed by atoms with Crippen LogP contribution in [0.25, 0.3) is 0 Å². The molecule has 0 saturated carbocycles. The van der Waals surface area contributed by atoms with E-state index in [9.17, 15) is 0 Å². The molecule has 0 radical (unpaired) electrons. The molecule has 0 spiro atoms. The number of nitrogens with one attached hydrogen (secondary N) is 1. The Morgan fingerprint density at radius 3 is 2.88 bits per heavy atom. The van der Waals surface area contributed by atoms with Gasteiger partial charge in [0.15, 0.2) is 5.16 Å². The molecule has 5 N–H and O–H groups in total. The second-order valence-electron chi connectivity index (χ2n) is 2.86. The summed E-state index contributed by atoms with van der Waals surface area (Å²) in [6.45, 7) is 0. The maximum absolute atomic E-state index is 5.53. The molecular weight excluding hydrogens is 228 g/mol. The van der Waals surface area contributed by atoms with E-state index < -0.39 is 0 Å². The Bertz CT molecular complexity index is 495. The molecule has 0 atom stereocenters. The predicted molar refractivity (Wildman–Crippen MR) is 59.4 cm³/mol. The third kappa shape index (κ3) is 2.20. The molecule has 2 heterocycles. The number of hydrogen-bond donors (Lipinski definition) is 3. The summed E-state index contributed by atoms with van der Waals surface area (Å²) in [5.41, 5.74) is 7.94. The summed E-state index contributed by atoms with van der Waals surface area (Å²) in [4.78, 5) is 12.0. The van der Waals surface area contributed by atoms with Gasteiger partial charge in [-0.25, -0.2) is 20.5 Å². The van der Waals surface area contributed by atoms with Crippen molar-refractivity contribution in [2.24, 2.45) is 12.9 Å². The van der Waals surface area contributed by atoms with Crippen LogP contribution in [0.3, 0.4) is 0 Å². The number of nitrogens with two attached hydrogens (primary N) is 2. The number of rotatable bonds is 3. The number of nitrogens with zero attached hydrogens (tertiary/aromatic N) is 5. The fourth-order valence-electron chi connectivity index (χ4n) is 1.04. The van der Waals surface area contributed by atoms with Gasteiger partial charge in [0.2, 0.25) is 5.95 Å². The Hall–Kier alpha value is -1.87. The smallest absolute Gasteiger partial charge is 0.223 e. The number of aromatic nitrogens is 5. The fourth-order valence-corrected chi connectivity index (χ4v) is 1.82. The minimum Gasteiger partial charge on any atom is -0.368 e. The summed E-state index contributed by atoms with van der Waals surface area (Å²) >= 11 is 1.33. The molecule has 0 aliphatic heterocycles. The summed E-state index contributed by atoms with van der Waals surface area (Å²) in [6, 6.07) is 1.68. The number of hydrazine groups is 1. The molecule has 0 bridgehead atoms. The third-order valence-corrected chi connectivity index (χ3v) is 2.70. The van der Waals surface area contributed by atoms with Crippen LogP contribution in [0.15, 0.2) is 22.6 Å². The van der Waals surface area contributed by atoms with Crippen molar-refractivity contribution in [2.45, 2.75) is 10.2 Å². The zero-order valence-electron chi connectivity index (χ0n) is 8.45. The summed E-state index contributed by atoms with van der Waals surface area (Å²) in [5.74, 6) is 5.86. The van der Waals surface area contributed by atoms with Crippen molar-refractivity contribution in [3.63, 3.8) is 0 Å². The van der Waals surface area contributed by atoms with E-state index in [2.05, 4.69) is 25.5 Å². The van der Waals surface area contributed by atoms with Crippen LogP contribution in [0.4, 0.5) is 11.8 Å². The first-order chi connectivity index (χ1) is 7.69. The predicted octanol–water partition coefficient (Wildman–Crippen LogP) is -0.376. The van der Waals surface area contributed by atoms with Gasteiger partial charge < -0.3 is 11.2 Å². The number of nitrogen functional groups attached to an aromatic ring is 2. The van der Waals surface area contributed by atoms with Crippen molar-refractivity contribution in [1.29, 1.82) is 0 Å². The normalized spacial score (nSPS) is 10.4. The lowest BCUT2D eigenvalue weighted by molar-refractivity contribution is 0.684. The Kier molecular flexibility index (Phi) is 2.88. The molecule has 0 saturated heterocycles. The van der Waals surface area contributed by atoms with Crippen molar-refractivity contribution in [1.82, 2.24) is 24.7 Å². The molecule has 0 aliphatic carbocycles. The highest BCUT2D eigenvalue weighted by molar-refractivity contribution is 7.99. The molecule has 0 amide bonds. The van der Waals surface area contributed by atoms with Crippen LogP contribution in [0.5, 0.6) is 0 Å². The molecule has 2 rings (SSSR count). The monoisotopic (exact) mass is 238 g/mol. The molecular formula is C7H10N8S. The van der Waals surface area contributed by atoms with Gasteiger partial charge in [0.25, 0.3) is 0 Å². The van der Waals surface area contributed by atoms with Crippen LogP contribution in [0.1, 0.15) is 0 Å². The molecule has 2 aromatic heterocycles. The lowest BCUT2D eigenvalue weighted by atomic mass is 10.6. The van der Waals surface area contributed by atoms with E-state index in [-0.39, 0.29) is 5.95 Å². The van der Waals surface area contributed by atoms with Crippen molar-refractivity contribution in [2.75, 3.05) is 11.2 Å². The highest BCUT2D eigenvalue weighted by Gasteiger charge is 2.07. The lowest BCUT2D eigenvalue weighted by Crippen LogP contribution is -2.10. The minimum absolute atomic E-state index is 0.153. The summed E-state index contributed by atoms with van der Waals surface area (Å²) in [7, 11) is 1.79. The van der Waals surface area contributed by atoms with Crippen LogP contribution in [-0.4, -0.2) is 24.7 Å². The van der Waals surface area contributed by atoms with E-state index in [0.717, 1.165) is 0 Å². The first kappa shape index (κ1) is 10.6. The second kappa shape index (κ2) is 4.33. The van der Waals surface area contributed by atoms with E-state index in [1.807, 2.05) is 0 Å². The van der Waals surface area contributed by atoms with Crippen LogP contribution < -0.4 is 17.0 Å². The largest absolute Gasteiger partial charge is 0.368 e. The molecule has 0 aliphatic rings. The third-order valence-electron chi connectivity index (χ3n) is 1.73. The average Bonchev–Trinajstić information content (AvgIpc) is 2.63. The van der Waals surface area contributed by atoms with Crippen LogP contribution in [0.2, 0.25) is 0 Å². The molecule has 2 aromatic rings. The maximum Gasteiger partial charge on any atom is 0.223 e. The van der Waals surface area contributed by atoms with Crippen molar-refractivity contribution in [3.05, 3.63) is 12.4 Å². The van der Waals surface area contributed by atoms with Gasteiger partial charge in [0.1, 0.15) is 17.2 Å². The van der Waals surface area contributed by atoms with Gasteiger partial charge in [-0.05, 0) is 11.8 Å². The highest BCUT2D eigenvalue weighted by Crippen LogP contribution is 2.25. The minimum atomic E-state index is 0.153. The van der Waals surface area contributed by atoms with Gasteiger partial charge in [-0.2, -0.15) is 10.1 Å². The Balaban J connectivity index is 2.28. The van der Waals surface area contributed by atoms with E-state index in [1.165, 1.54) is 18.1 Å². The van der Waals surface area contributed by atoms with E-state index in [1.54, 1.807) is 17.8 Å². The fraction of sp³-hybridized carbons (Fsp3) is 0.143. The summed E-state index contributed by atoms with van der Waals surface area (Å²) < 4.78 is 1.64. The molecule has 16 heavy (non-hydrogen) atoms. The summed E-state index contributed by atoms with van der Waals surface area (Å²) in [6.07, 6.45) is 1.47. The molecule has 0 aromatic carbocycles. The molecule has 0 fully saturated rings. The van der Waals surface area contributed by atoms with E-state index in [4.69, 9.17) is 11.6 Å². The zero-order valence-corrected chi connectivity index (χ0v) is 9.27. The average molecular weight is 238 g/mol. The molecule has 9 heteroatoms. The van der Waals surface area contributed by atoms with Crippen LogP contribution >= 0.6 is 11.8 Å². The van der Waals surface area contributed by atoms with Gasteiger partial charge >= 0.3 is 0 Å². The Morgan fingerprint density at radius 2 is 2.25 bits per heavy atom. The number of aryl methyl sites for hydroxylation is 1. The van der Waals surface area contributed by atoms with Gasteiger partial charge in [-0.15, -0.1) is 0 Å². The first-order valence-corrected chi connectivity index (χ1v) is 5.13. The topological polar surface area (TPSA) is 121 Å². The summed E-state index contributed by atoms with van der Waals surface area (Å²) in [5, 5.41) is 5.31. The number of hydrogen-bond acceptors (Lipinski definition) is 8. The second-order valence-corrected chi connectivity index (χ2v) is 3.85. The quantitative estimate of drug-likeness (QED) is 0.376. The van der Waals surface area contributed by atoms with Gasteiger partial charge in [-0.3, -0.25) is 0 Å². The van der Waals surface area contributed by atoms with Gasteiger partial charge in [0.05, 0.1) is 0 Å². The van der Waals surface area contributed by atoms with Crippen molar-refractivity contribution in [3.8, 4) is 0 Å². The van der Waals surface area contributed by atoms with Gasteiger partial charge in [-0.1, -0.05) is 0 Å². The number of anilines is 2. The van der Waals surface area contributed by atoms with Crippen LogP contribution in [0, 0.1) is 0 Å². The van der Waals surface area contributed by atoms with Crippen molar-refractivity contribution >= 4 is 23.5 Å². The SMILES string of the molecule is Cn1ncnc1Sc1cc(NN)nc(N)n1. The van der Waals surface area contributed by atoms with Gasteiger partial charge in [0, 0.05) is 13.1 Å². The molecule has 0 unspecified atom stereocenters. The van der Waals surface area contributed by atoms with Crippen LogP contribution in [-0.2, 0) is 7.05 Å². The van der Waals surface area contributed by atoms with E-state index >= 15 is 0 Å². The molecule has 84 valence electrons. The van der Waals surface area contributed by atoms with E-state index in [0.29, 0.717) is 16.0 Å². The Morgan fingerprint density at radius 1 is 1.44 bits per heavy atom. The first-order valence-electron chi connectivity index (χ1n) is 4.32. The Labute approximate surface area is 95.4 Å². The standard InChI is InChI=1S/C7H10N8S/c1-15-7(10-3-11-15)16-5-2-4(14-9)12-6(8)13-5/h2-3H,9H2,1H3,(H3,8,12,13,14).